The summed E-state index contributed by atoms with van der Waals surface area (Å²) in [6.45, 7) is 1.44. The molecule has 0 saturated carbocycles. The number of nitrogens with zero attached hydrogens (tertiary/aromatic N) is 2. The Morgan fingerprint density at radius 1 is 1.43 bits per heavy atom. The van der Waals surface area contributed by atoms with Crippen LogP contribution in [0.5, 0.6) is 0 Å². The number of likely N-dealkylation sites (tertiary alicyclic amines) is 1. The Labute approximate surface area is 130 Å². The standard InChI is InChI=1S/C14H15N3O2S2/c15-12(18)9-3-5-17(6-4-9)14-16-13(19)11(21-14)8-10-2-1-7-20-10/h1-2,7-9H,3-6H2,(H2,15,18)/b11-8+. The molecule has 0 aliphatic carbocycles. The van der Waals surface area contributed by atoms with Crippen molar-refractivity contribution in [3.63, 3.8) is 0 Å². The van der Waals surface area contributed by atoms with Crippen molar-refractivity contribution in [3.05, 3.63) is 27.3 Å². The average Bonchev–Trinajstić information content (AvgIpc) is 3.10. The van der Waals surface area contributed by atoms with Gasteiger partial charge in [0.05, 0.1) is 4.91 Å². The van der Waals surface area contributed by atoms with Gasteiger partial charge in [0.25, 0.3) is 5.91 Å². The number of thiophene rings is 1. The molecule has 0 atom stereocenters. The number of rotatable bonds is 2. The number of carbonyl (C=O) groups is 2. The van der Waals surface area contributed by atoms with E-state index in [-0.39, 0.29) is 17.7 Å². The lowest BCUT2D eigenvalue weighted by Gasteiger charge is -2.31. The first-order valence-corrected chi connectivity index (χ1v) is 8.43. The van der Waals surface area contributed by atoms with Crippen LogP contribution in [-0.2, 0) is 9.59 Å². The maximum Gasteiger partial charge on any atom is 0.286 e. The predicted molar refractivity (Wildman–Crippen MR) is 85.8 cm³/mol. The minimum atomic E-state index is -0.231. The zero-order valence-electron chi connectivity index (χ0n) is 11.3. The van der Waals surface area contributed by atoms with Crippen LogP contribution >= 0.6 is 23.1 Å². The van der Waals surface area contributed by atoms with Crippen LogP contribution < -0.4 is 5.73 Å². The molecule has 7 heteroatoms. The third-order valence-corrected chi connectivity index (χ3v) is 5.46. The van der Waals surface area contributed by atoms with Gasteiger partial charge >= 0.3 is 0 Å². The zero-order valence-corrected chi connectivity index (χ0v) is 13.0. The number of amides is 2. The molecule has 0 bridgehead atoms. The Morgan fingerprint density at radius 3 is 2.81 bits per heavy atom. The van der Waals surface area contributed by atoms with E-state index in [2.05, 4.69) is 9.89 Å². The second-order valence-electron chi connectivity index (χ2n) is 4.99. The van der Waals surface area contributed by atoms with E-state index in [0.29, 0.717) is 4.91 Å². The van der Waals surface area contributed by atoms with E-state index in [9.17, 15) is 9.59 Å². The smallest absolute Gasteiger partial charge is 0.286 e. The normalized spacial score (nSPS) is 21.9. The molecule has 2 amide bonds. The molecular formula is C14H15N3O2S2. The van der Waals surface area contributed by atoms with Gasteiger partial charge in [0.1, 0.15) is 0 Å². The van der Waals surface area contributed by atoms with Crippen molar-refractivity contribution in [3.8, 4) is 0 Å². The van der Waals surface area contributed by atoms with E-state index < -0.39 is 0 Å². The fourth-order valence-corrected chi connectivity index (χ4v) is 4.08. The highest BCUT2D eigenvalue weighted by Crippen LogP contribution is 2.32. The topological polar surface area (TPSA) is 75.8 Å². The number of amidine groups is 1. The maximum absolute atomic E-state index is 12.0. The van der Waals surface area contributed by atoms with Crippen LogP contribution in [0.3, 0.4) is 0 Å². The van der Waals surface area contributed by atoms with E-state index in [1.165, 1.54) is 11.8 Å². The number of hydrogen-bond acceptors (Lipinski definition) is 5. The summed E-state index contributed by atoms with van der Waals surface area (Å²) in [6, 6.07) is 3.93. The highest BCUT2D eigenvalue weighted by atomic mass is 32.2. The van der Waals surface area contributed by atoms with Crippen molar-refractivity contribution in [2.45, 2.75) is 12.8 Å². The quantitative estimate of drug-likeness (QED) is 0.844. The number of primary amides is 1. The molecule has 5 nitrogen and oxygen atoms in total. The summed E-state index contributed by atoms with van der Waals surface area (Å²) < 4.78 is 0. The van der Waals surface area contributed by atoms with Gasteiger partial charge in [-0.25, -0.2) is 0 Å². The molecule has 2 N–H and O–H groups in total. The summed E-state index contributed by atoms with van der Waals surface area (Å²) in [4.78, 5) is 31.0. The number of piperidine rings is 1. The van der Waals surface area contributed by atoms with Crippen molar-refractivity contribution in [1.29, 1.82) is 0 Å². The van der Waals surface area contributed by atoms with Gasteiger partial charge in [-0.3, -0.25) is 9.59 Å². The molecule has 3 rings (SSSR count). The van der Waals surface area contributed by atoms with Gasteiger partial charge in [-0.1, -0.05) is 6.07 Å². The summed E-state index contributed by atoms with van der Waals surface area (Å²) in [7, 11) is 0. The molecule has 3 heterocycles. The lowest BCUT2D eigenvalue weighted by atomic mass is 9.97. The molecule has 1 saturated heterocycles. The number of nitrogens with two attached hydrogens (primary N) is 1. The first-order valence-electron chi connectivity index (χ1n) is 6.74. The molecule has 1 fully saturated rings. The largest absolute Gasteiger partial charge is 0.369 e. The predicted octanol–water partition coefficient (Wildman–Crippen LogP) is 1.92. The van der Waals surface area contributed by atoms with Gasteiger partial charge in [-0.05, 0) is 42.1 Å². The minimum Gasteiger partial charge on any atom is -0.369 e. The highest BCUT2D eigenvalue weighted by Gasteiger charge is 2.30. The van der Waals surface area contributed by atoms with Crippen molar-refractivity contribution < 1.29 is 9.59 Å². The van der Waals surface area contributed by atoms with E-state index >= 15 is 0 Å². The molecule has 0 unspecified atom stereocenters. The lowest BCUT2D eigenvalue weighted by molar-refractivity contribution is -0.123. The number of aliphatic imine (C=N–C) groups is 1. The SMILES string of the molecule is NC(=O)C1CCN(C2=NC(=O)/C(=C\c3cccs3)S2)CC1. The zero-order chi connectivity index (χ0) is 14.8. The fraction of sp³-hybridized carbons (Fsp3) is 0.357. The van der Waals surface area contributed by atoms with Gasteiger partial charge in [-0.15, -0.1) is 11.3 Å². The molecule has 2 aliphatic heterocycles. The van der Waals surface area contributed by atoms with Crippen molar-refractivity contribution in [2.75, 3.05) is 13.1 Å². The first kappa shape index (κ1) is 14.3. The summed E-state index contributed by atoms with van der Waals surface area (Å²) in [5.41, 5.74) is 5.33. The van der Waals surface area contributed by atoms with E-state index in [4.69, 9.17) is 5.73 Å². The van der Waals surface area contributed by atoms with Crippen LogP contribution in [0.2, 0.25) is 0 Å². The van der Waals surface area contributed by atoms with E-state index in [1.807, 2.05) is 23.6 Å². The van der Waals surface area contributed by atoms with E-state index in [1.54, 1.807) is 11.3 Å². The number of carbonyl (C=O) groups excluding carboxylic acids is 2. The second kappa shape index (κ2) is 6.03. The maximum atomic E-state index is 12.0. The van der Waals surface area contributed by atoms with Gasteiger partial charge in [-0.2, -0.15) is 4.99 Å². The monoisotopic (exact) mass is 321 g/mol. The third-order valence-electron chi connectivity index (χ3n) is 3.59. The van der Waals surface area contributed by atoms with Crippen LogP contribution in [0.4, 0.5) is 0 Å². The molecule has 110 valence electrons. The second-order valence-corrected chi connectivity index (χ2v) is 6.98. The van der Waals surface area contributed by atoms with Gasteiger partial charge < -0.3 is 10.6 Å². The first-order chi connectivity index (χ1) is 10.1. The van der Waals surface area contributed by atoms with Crippen molar-refractivity contribution in [1.82, 2.24) is 4.90 Å². The Kier molecular flexibility index (Phi) is 4.12. The molecule has 1 aromatic heterocycles. The molecule has 0 aromatic carbocycles. The summed E-state index contributed by atoms with van der Waals surface area (Å²) in [6.07, 6.45) is 3.34. The minimum absolute atomic E-state index is 0.0508. The van der Waals surface area contributed by atoms with Gasteiger partial charge in [0.15, 0.2) is 5.17 Å². The number of thioether (sulfide) groups is 1. The van der Waals surface area contributed by atoms with Crippen LogP contribution in [0.15, 0.2) is 27.4 Å². The third kappa shape index (κ3) is 3.19. The summed E-state index contributed by atoms with van der Waals surface area (Å²) in [5.74, 6) is -0.462. The molecule has 2 aliphatic rings. The molecule has 21 heavy (non-hydrogen) atoms. The lowest BCUT2D eigenvalue weighted by Crippen LogP contribution is -2.40. The molecular weight excluding hydrogens is 306 g/mol. The average molecular weight is 321 g/mol. The van der Waals surface area contributed by atoms with Crippen LogP contribution in [0, 0.1) is 5.92 Å². The summed E-state index contributed by atoms with van der Waals surface area (Å²) >= 11 is 3.01. The van der Waals surface area contributed by atoms with Crippen LogP contribution in [0.1, 0.15) is 17.7 Å². The Hall–Kier alpha value is -1.60. The Morgan fingerprint density at radius 2 is 2.19 bits per heavy atom. The Balaban J connectivity index is 1.65. The van der Waals surface area contributed by atoms with Crippen molar-refractivity contribution >= 4 is 46.2 Å². The van der Waals surface area contributed by atoms with Gasteiger partial charge in [0, 0.05) is 23.9 Å². The van der Waals surface area contributed by atoms with Gasteiger partial charge in [0.2, 0.25) is 5.91 Å². The van der Waals surface area contributed by atoms with E-state index in [0.717, 1.165) is 36.0 Å². The fourth-order valence-electron chi connectivity index (χ4n) is 2.39. The van der Waals surface area contributed by atoms with Crippen LogP contribution in [-0.4, -0.2) is 35.0 Å². The number of hydrogen-bond donors (Lipinski definition) is 1. The highest BCUT2D eigenvalue weighted by molar-refractivity contribution is 8.18. The molecule has 1 aromatic rings. The van der Waals surface area contributed by atoms with Crippen LogP contribution in [0.25, 0.3) is 6.08 Å². The van der Waals surface area contributed by atoms with Crippen molar-refractivity contribution in [2.24, 2.45) is 16.6 Å². The molecule has 0 radical (unpaired) electrons. The Bertz CT molecular complexity index is 614. The summed E-state index contributed by atoms with van der Waals surface area (Å²) in [5, 5.41) is 2.72. The molecule has 0 spiro atoms.